The maximum atomic E-state index is 11.8. The number of hydrogen-bond acceptors (Lipinski definition) is 4. The fourth-order valence-corrected chi connectivity index (χ4v) is 4.61. The van der Waals surface area contributed by atoms with E-state index < -0.39 is 5.72 Å². The number of hydrogen-bond donors (Lipinski definition) is 1. The molecule has 0 radical (unpaired) electrons. The van der Waals surface area contributed by atoms with Crippen molar-refractivity contribution in [3.63, 3.8) is 0 Å². The summed E-state index contributed by atoms with van der Waals surface area (Å²) in [4.78, 5) is 2.11. The molecule has 2 aromatic carbocycles. The second-order valence-corrected chi connectivity index (χ2v) is 7.71. The van der Waals surface area contributed by atoms with Crippen LogP contribution in [0.3, 0.4) is 0 Å². The van der Waals surface area contributed by atoms with Crippen LogP contribution < -0.4 is 9.64 Å². The van der Waals surface area contributed by atoms with Crippen LogP contribution in [0.4, 0.5) is 5.69 Å². The summed E-state index contributed by atoms with van der Waals surface area (Å²) in [5.41, 5.74) is 2.07. The van der Waals surface area contributed by atoms with Gasteiger partial charge in [0.1, 0.15) is 11.4 Å². The molecule has 2 aliphatic heterocycles. The van der Waals surface area contributed by atoms with E-state index in [0.717, 1.165) is 35.1 Å². The third-order valence-corrected chi connectivity index (χ3v) is 5.92. The highest BCUT2D eigenvalue weighted by Gasteiger charge is 2.54. The van der Waals surface area contributed by atoms with Crippen LogP contribution in [-0.4, -0.2) is 47.2 Å². The summed E-state index contributed by atoms with van der Waals surface area (Å²) < 4.78 is 7.59. The Kier molecular flexibility index (Phi) is 4.21. The molecule has 0 unspecified atom stereocenters. The molecule has 0 aliphatic carbocycles. The summed E-state index contributed by atoms with van der Waals surface area (Å²) in [5, 5.41) is 11.8. The number of nitrogens with zero attached hydrogens (tertiary/aromatic N) is 2. The highest BCUT2D eigenvalue weighted by molar-refractivity contribution is 8.00. The zero-order valence-corrected chi connectivity index (χ0v) is 15.4. The van der Waals surface area contributed by atoms with Crippen molar-refractivity contribution >= 4 is 23.3 Å². The van der Waals surface area contributed by atoms with Gasteiger partial charge in [-0.1, -0.05) is 17.7 Å². The monoisotopic (exact) mass is 355 g/mol. The zero-order chi connectivity index (χ0) is 17.4. The fourth-order valence-electron chi connectivity index (χ4n) is 3.62. The molecule has 0 saturated heterocycles. The Hall–Kier alpha value is -1.98. The van der Waals surface area contributed by atoms with Crippen molar-refractivity contribution in [1.29, 1.82) is 0 Å². The van der Waals surface area contributed by atoms with E-state index in [2.05, 4.69) is 40.7 Å². The predicted octanol–water partition coefficient (Wildman–Crippen LogP) is 2.83. The summed E-state index contributed by atoms with van der Waals surface area (Å²) in [6.45, 7) is 3.64. The normalized spacial score (nSPS) is 22.9. The molecule has 2 aromatic rings. The summed E-state index contributed by atoms with van der Waals surface area (Å²) in [6, 6.07) is 16.2. The minimum atomic E-state index is -1.07. The quantitative estimate of drug-likeness (QED) is 0.859. The molecule has 25 heavy (non-hydrogen) atoms. The van der Waals surface area contributed by atoms with Gasteiger partial charge < -0.3 is 9.84 Å². The van der Waals surface area contributed by atoms with Crippen molar-refractivity contribution < 1.29 is 14.4 Å². The molecule has 0 spiro atoms. The smallest absolute Gasteiger partial charge is 0.275 e. The van der Waals surface area contributed by atoms with E-state index in [1.54, 1.807) is 7.11 Å². The number of aliphatic hydroxyl groups is 1. The van der Waals surface area contributed by atoms with Crippen molar-refractivity contribution in [2.24, 2.45) is 0 Å². The number of ether oxygens (including phenoxy) is 1. The van der Waals surface area contributed by atoms with Crippen LogP contribution in [0.1, 0.15) is 11.1 Å². The van der Waals surface area contributed by atoms with Gasteiger partial charge in [0.15, 0.2) is 6.54 Å². The Morgan fingerprint density at radius 2 is 1.84 bits per heavy atom. The lowest BCUT2D eigenvalue weighted by Crippen LogP contribution is -2.48. The Balaban J connectivity index is 1.80. The van der Waals surface area contributed by atoms with Gasteiger partial charge in [0, 0.05) is 11.3 Å². The summed E-state index contributed by atoms with van der Waals surface area (Å²) in [6.07, 6.45) is 0. The minimum Gasteiger partial charge on any atom is -0.497 e. The van der Waals surface area contributed by atoms with E-state index in [-0.39, 0.29) is 0 Å². The highest BCUT2D eigenvalue weighted by Crippen LogP contribution is 2.38. The molecule has 4 nitrogen and oxygen atoms in total. The van der Waals surface area contributed by atoms with Gasteiger partial charge in [0.05, 0.1) is 19.4 Å². The molecule has 0 fully saturated rings. The number of amidine groups is 1. The number of methoxy groups -OCH3 is 1. The molecule has 1 N–H and O–H groups in total. The predicted molar refractivity (Wildman–Crippen MR) is 103 cm³/mol. The molecule has 130 valence electrons. The SMILES string of the molecule is COc1ccc([C@]2(O)C[N+]3=C(CSCC3)N2c2ccc(C)cc2)cc1. The van der Waals surface area contributed by atoms with Crippen LogP contribution in [0, 0.1) is 6.92 Å². The largest absolute Gasteiger partial charge is 0.497 e. The molecule has 0 saturated carbocycles. The van der Waals surface area contributed by atoms with E-state index in [1.165, 1.54) is 11.4 Å². The lowest BCUT2D eigenvalue weighted by Gasteiger charge is -2.29. The first-order valence-electron chi connectivity index (χ1n) is 8.54. The van der Waals surface area contributed by atoms with E-state index in [0.29, 0.717) is 6.54 Å². The molecule has 0 bridgehead atoms. The second-order valence-electron chi connectivity index (χ2n) is 6.61. The lowest BCUT2D eigenvalue weighted by molar-refractivity contribution is -0.530. The molecule has 2 heterocycles. The minimum absolute atomic E-state index is 0.586. The molecular weight excluding hydrogens is 332 g/mol. The van der Waals surface area contributed by atoms with Crippen LogP contribution >= 0.6 is 11.8 Å². The number of rotatable bonds is 3. The Morgan fingerprint density at radius 3 is 2.52 bits per heavy atom. The van der Waals surface area contributed by atoms with Gasteiger partial charge in [-0.05, 0) is 43.3 Å². The van der Waals surface area contributed by atoms with Crippen LogP contribution in [0.25, 0.3) is 0 Å². The summed E-state index contributed by atoms with van der Waals surface area (Å²) in [7, 11) is 1.66. The maximum Gasteiger partial charge on any atom is 0.275 e. The van der Waals surface area contributed by atoms with Crippen LogP contribution in [-0.2, 0) is 5.72 Å². The summed E-state index contributed by atoms with van der Waals surface area (Å²) in [5.74, 6) is 4.02. The van der Waals surface area contributed by atoms with Gasteiger partial charge >= 0.3 is 0 Å². The Labute approximate surface area is 152 Å². The van der Waals surface area contributed by atoms with Gasteiger partial charge in [-0.3, -0.25) is 4.58 Å². The lowest BCUT2D eigenvalue weighted by atomic mass is 10.0. The maximum absolute atomic E-state index is 11.8. The van der Waals surface area contributed by atoms with Crippen molar-refractivity contribution in [1.82, 2.24) is 0 Å². The molecule has 1 atom stereocenters. The zero-order valence-electron chi connectivity index (χ0n) is 14.6. The van der Waals surface area contributed by atoms with E-state index >= 15 is 0 Å². The Bertz CT molecular complexity index is 801. The third kappa shape index (κ3) is 2.81. The average Bonchev–Trinajstić information content (AvgIpc) is 2.96. The van der Waals surface area contributed by atoms with Crippen molar-refractivity contribution in [3.05, 3.63) is 59.7 Å². The molecule has 4 rings (SSSR count). The average molecular weight is 355 g/mol. The molecule has 5 heteroatoms. The first-order chi connectivity index (χ1) is 12.1. The van der Waals surface area contributed by atoms with E-state index in [4.69, 9.17) is 4.74 Å². The van der Waals surface area contributed by atoms with Gasteiger partial charge in [-0.2, -0.15) is 4.90 Å². The van der Waals surface area contributed by atoms with Crippen molar-refractivity contribution in [2.75, 3.05) is 36.6 Å². The molecular formula is C20H23N2O2S+. The summed E-state index contributed by atoms with van der Waals surface area (Å²) >= 11 is 1.92. The first-order valence-corrected chi connectivity index (χ1v) is 9.69. The molecule has 2 aliphatic rings. The standard InChI is InChI=1S/C20H23N2O2S/c1-15-3-7-17(8-4-15)22-19-13-25-12-11-21(19)14-20(22,23)16-5-9-18(24-2)10-6-16/h3-10,23H,11-14H2,1-2H3/q+1/t20-/m1/s1. The first kappa shape index (κ1) is 16.5. The number of aryl methyl sites for hydroxylation is 1. The molecule has 0 aromatic heterocycles. The van der Waals surface area contributed by atoms with Gasteiger partial charge in [0.25, 0.3) is 11.6 Å². The van der Waals surface area contributed by atoms with Crippen LogP contribution in [0.15, 0.2) is 48.5 Å². The fraction of sp³-hybridized carbons (Fsp3) is 0.350. The second kappa shape index (κ2) is 6.39. The van der Waals surface area contributed by atoms with Gasteiger partial charge in [-0.15, -0.1) is 11.8 Å². The molecule has 0 amide bonds. The van der Waals surface area contributed by atoms with Crippen LogP contribution in [0.5, 0.6) is 5.75 Å². The number of anilines is 1. The van der Waals surface area contributed by atoms with Gasteiger partial charge in [0.2, 0.25) is 0 Å². The van der Waals surface area contributed by atoms with Gasteiger partial charge in [-0.25, -0.2) is 0 Å². The van der Waals surface area contributed by atoms with E-state index in [9.17, 15) is 5.11 Å². The van der Waals surface area contributed by atoms with E-state index in [1.807, 2.05) is 36.0 Å². The number of benzene rings is 2. The third-order valence-electron chi connectivity index (χ3n) is 4.99. The topological polar surface area (TPSA) is 35.7 Å². The van der Waals surface area contributed by atoms with Crippen molar-refractivity contribution in [2.45, 2.75) is 12.6 Å². The number of thioether (sulfide) groups is 1. The van der Waals surface area contributed by atoms with Crippen molar-refractivity contribution in [3.8, 4) is 5.75 Å². The Morgan fingerprint density at radius 1 is 1.12 bits per heavy atom. The highest BCUT2D eigenvalue weighted by atomic mass is 32.2. The van der Waals surface area contributed by atoms with Crippen LogP contribution in [0.2, 0.25) is 0 Å².